The highest BCUT2D eigenvalue weighted by atomic mass is 16.5. The van der Waals surface area contributed by atoms with Crippen molar-refractivity contribution in [1.82, 2.24) is 9.80 Å². The lowest BCUT2D eigenvalue weighted by Gasteiger charge is -2.37. The predicted octanol–water partition coefficient (Wildman–Crippen LogP) is 0.670. The molecule has 1 spiro atoms. The van der Waals surface area contributed by atoms with Gasteiger partial charge in [-0.15, -0.1) is 0 Å². The van der Waals surface area contributed by atoms with E-state index in [0.717, 1.165) is 38.9 Å². The molecule has 2 N–H and O–H groups in total. The standard InChI is InChI=1S/C13H24N4O2/c1-3-16-7-4-5-13(6-8-16)11(14)15-12(18)17(13)9-10-19-2/h3-10H2,1-2H3,(H2,14,15,18). The number of likely N-dealkylation sites (tertiary alicyclic amines) is 1. The predicted molar refractivity (Wildman–Crippen MR) is 74.3 cm³/mol. The van der Waals surface area contributed by atoms with Crippen LogP contribution in [-0.2, 0) is 4.74 Å². The zero-order valence-electron chi connectivity index (χ0n) is 11.9. The van der Waals surface area contributed by atoms with Gasteiger partial charge in [-0.2, -0.15) is 4.99 Å². The summed E-state index contributed by atoms with van der Waals surface area (Å²) in [6, 6.07) is -0.209. The number of nitrogens with two attached hydrogens (primary N) is 1. The molecule has 1 unspecified atom stereocenters. The Morgan fingerprint density at radius 3 is 2.89 bits per heavy atom. The Bertz CT molecular complexity index is 372. The second kappa shape index (κ2) is 5.88. The van der Waals surface area contributed by atoms with Crippen molar-refractivity contribution in [3.8, 4) is 0 Å². The molecule has 2 heterocycles. The molecule has 0 aromatic carbocycles. The number of hydrogen-bond donors (Lipinski definition) is 1. The van der Waals surface area contributed by atoms with Gasteiger partial charge < -0.3 is 20.3 Å². The third kappa shape index (κ3) is 2.60. The molecule has 19 heavy (non-hydrogen) atoms. The summed E-state index contributed by atoms with van der Waals surface area (Å²) in [6.45, 7) is 6.32. The van der Waals surface area contributed by atoms with Gasteiger partial charge in [-0.1, -0.05) is 6.92 Å². The van der Waals surface area contributed by atoms with E-state index in [1.807, 2.05) is 4.90 Å². The zero-order valence-corrected chi connectivity index (χ0v) is 11.9. The third-order valence-electron chi connectivity index (χ3n) is 4.31. The topological polar surface area (TPSA) is 71.2 Å². The lowest BCUT2D eigenvalue weighted by Crippen LogP contribution is -2.55. The Labute approximate surface area is 114 Å². The summed E-state index contributed by atoms with van der Waals surface area (Å²) < 4.78 is 5.10. The van der Waals surface area contributed by atoms with Crippen LogP contribution in [0.2, 0.25) is 0 Å². The highest BCUT2D eigenvalue weighted by Crippen LogP contribution is 2.33. The van der Waals surface area contributed by atoms with Crippen LogP contribution in [-0.4, -0.2) is 67.1 Å². The maximum atomic E-state index is 12.0. The van der Waals surface area contributed by atoms with Gasteiger partial charge in [0, 0.05) is 20.2 Å². The third-order valence-corrected chi connectivity index (χ3v) is 4.31. The lowest BCUT2D eigenvalue weighted by molar-refractivity contribution is 0.115. The second-order valence-corrected chi connectivity index (χ2v) is 5.24. The van der Waals surface area contributed by atoms with E-state index in [9.17, 15) is 4.79 Å². The van der Waals surface area contributed by atoms with Crippen LogP contribution < -0.4 is 5.73 Å². The number of nitrogens with zero attached hydrogens (tertiary/aromatic N) is 3. The Kier molecular flexibility index (Phi) is 4.42. The summed E-state index contributed by atoms with van der Waals surface area (Å²) in [4.78, 5) is 20.2. The number of amidine groups is 1. The van der Waals surface area contributed by atoms with E-state index >= 15 is 0 Å². The summed E-state index contributed by atoms with van der Waals surface area (Å²) in [5.41, 5.74) is 5.71. The number of amides is 2. The number of carbonyl (C=O) groups is 1. The first kappa shape index (κ1) is 14.3. The van der Waals surface area contributed by atoms with E-state index in [2.05, 4.69) is 16.8 Å². The van der Waals surface area contributed by atoms with Crippen molar-refractivity contribution in [2.45, 2.75) is 31.7 Å². The average molecular weight is 268 g/mol. The summed E-state index contributed by atoms with van der Waals surface area (Å²) in [5.74, 6) is 0.492. The maximum absolute atomic E-state index is 12.0. The van der Waals surface area contributed by atoms with Crippen molar-refractivity contribution in [3.05, 3.63) is 0 Å². The van der Waals surface area contributed by atoms with Gasteiger partial charge in [0.2, 0.25) is 0 Å². The van der Waals surface area contributed by atoms with E-state index < -0.39 is 0 Å². The van der Waals surface area contributed by atoms with Crippen LogP contribution in [0.3, 0.4) is 0 Å². The summed E-state index contributed by atoms with van der Waals surface area (Å²) in [5, 5.41) is 0. The molecule has 2 amide bonds. The van der Waals surface area contributed by atoms with E-state index in [1.54, 1.807) is 7.11 Å². The van der Waals surface area contributed by atoms with Crippen LogP contribution in [0.15, 0.2) is 4.99 Å². The molecule has 2 rings (SSSR count). The minimum Gasteiger partial charge on any atom is -0.385 e. The molecule has 1 saturated heterocycles. The van der Waals surface area contributed by atoms with Crippen molar-refractivity contribution in [3.63, 3.8) is 0 Å². The van der Waals surface area contributed by atoms with E-state index in [4.69, 9.17) is 10.5 Å². The lowest BCUT2D eigenvalue weighted by atomic mass is 9.88. The summed E-state index contributed by atoms with van der Waals surface area (Å²) >= 11 is 0. The molecule has 1 atom stereocenters. The summed E-state index contributed by atoms with van der Waals surface area (Å²) in [6.07, 6.45) is 2.81. The monoisotopic (exact) mass is 268 g/mol. The Morgan fingerprint density at radius 1 is 1.42 bits per heavy atom. The molecule has 0 bridgehead atoms. The van der Waals surface area contributed by atoms with E-state index in [1.165, 1.54) is 0 Å². The van der Waals surface area contributed by atoms with Gasteiger partial charge in [0.1, 0.15) is 11.4 Å². The fourth-order valence-corrected chi connectivity index (χ4v) is 3.10. The van der Waals surface area contributed by atoms with Crippen molar-refractivity contribution in [1.29, 1.82) is 0 Å². The highest BCUT2D eigenvalue weighted by Gasteiger charge is 2.48. The molecule has 0 aliphatic carbocycles. The van der Waals surface area contributed by atoms with Crippen LogP contribution in [0, 0.1) is 0 Å². The Hall–Kier alpha value is -1.14. The van der Waals surface area contributed by atoms with Gasteiger partial charge in [-0.05, 0) is 32.4 Å². The summed E-state index contributed by atoms with van der Waals surface area (Å²) in [7, 11) is 1.64. The molecule has 1 fully saturated rings. The maximum Gasteiger partial charge on any atom is 0.346 e. The number of carbonyl (C=O) groups excluding carboxylic acids is 1. The van der Waals surface area contributed by atoms with Crippen LogP contribution in [0.1, 0.15) is 26.2 Å². The van der Waals surface area contributed by atoms with E-state index in [0.29, 0.717) is 19.0 Å². The van der Waals surface area contributed by atoms with Gasteiger partial charge in [0.15, 0.2) is 0 Å². The molecule has 0 aromatic rings. The molecule has 0 aromatic heterocycles. The zero-order chi connectivity index (χ0) is 13.9. The minimum absolute atomic E-state index is 0.209. The molecule has 2 aliphatic heterocycles. The molecule has 6 heteroatoms. The van der Waals surface area contributed by atoms with Gasteiger partial charge in [0.05, 0.1) is 6.61 Å². The highest BCUT2D eigenvalue weighted by molar-refractivity contribution is 6.05. The fourth-order valence-electron chi connectivity index (χ4n) is 3.10. The van der Waals surface area contributed by atoms with Crippen LogP contribution in [0.4, 0.5) is 4.79 Å². The van der Waals surface area contributed by atoms with Gasteiger partial charge in [-0.3, -0.25) is 0 Å². The molecule has 2 aliphatic rings. The van der Waals surface area contributed by atoms with Crippen molar-refractivity contribution in [2.75, 3.05) is 39.9 Å². The number of methoxy groups -OCH3 is 1. The van der Waals surface area contributed by atoms with Gasteiger partial charge >= 0.3 is 6.03 Å². The second-order valence-electron chi connectivity index (χ2n) is 5.24. The smallest absolute Gasteiger partial charge is 0.346 e. The normalized spacial score (nSPS) is 28.8. The minimum atomic E-state index is -0.375. The largest absolute Gasteiger partial charge is 0.385 e. The molecular formula is C13H24N4O2. The van der Waals surface area contributed by atoms with Gasteiger partial charge in [-0.25, -0.2) is 4.79 Å². The molecule has 6 nitrogen and oxygen atoms in total. The fraction of sp³-hybridized carbons (Fsp3) is 0.846. The number of urea groups is 1. The average Bonchev–Trinajstić information content (AvgIpc) is 2.58. The molecule has 0 radical (unpaired) electrons. The number of aliphatic imine (C=N–C) groups is 1. The number of ether oxygens (including phenoxy) is 1. The SMILES string of the molecule is CCN1CCCC2(CC1)C(N)=NC(=O)N2CCOC. The first-order valence-corrected chi connectivity index (χ1v) is 7.01. The van der Waals surface area contributed by atoms with E-state index in [-0.39, 0.29) is 11.6 Å². The van der Waals surface area contributed by atoms with Crippen LogP contribution >= 0.6 is 0 Å². The molecular weight excluding hydrogens is 244 g/mol. The van der Waals surface area contributed by atoms with Crippen molar-refractivity contribution in [2.24, 2.45) is 10.7 Å². The first-order valence-electron chi connectivity index (χ1n) is 7.01. The Balaban J connectivity index is 2.17. The molecule has 108 valence electrons. The Morgan fingerprint density at radius 2 is 2.21 bits per heavy atom. The number of rotatable bonds is 4. The first-order chi connectivity index (χ1) is 9.14. The van der Waals surface area contributed by atoms with Gasteiger partial charge in [0.25, 0.3) is 0 Å². The van der Waals surface area contributed by atoms with Crippen LogP contribution in [0.5, 0.6) is 0 Å². The van der Waals surface area contributed by atoms with Crippen molar-refractivity contribution >= 4 is 11.9 Å². The van der Waals surface area contributed by atoms with Crippen molar-refractivity contribution < 1.29 is 9.53 Å². The molecule has 0 saturated carbocycles. The quantitative estimate of drug-likeness (QED) is 0.813. The van der Waals surface area contributed by atoms with Crippen LogP contribution in [0.25, 0.3) is 0 Å². The number of hydrogen-bond acceptors (Lipinski definition) is 4.